The van der Waals surface area contributed by atoms with Crippen LogP contribution in [-0.2, 0) is 11.3 Å². The Morgan fingerprint density at radius 1 is 1.29 bits per heavy atom. The van der Waals surface area contributed by atoms with Crippen molar-refractivity contribution in [1.82, 2.24) is 19.7 Å². The molecule has 0 aliphatic rings. The molecule has 0 radical (unpaired) electrons. The Kier molecular flexibility index (Phi) is 6.72. The molecule has 0 fully saturated rings. The normalized spacial score (nSPS) is 11.8. The number of allylic oxidation sites excluding steroid dienone is 1. The van der Waals surface area contributed by atoms with E-state index in [2.05, 4.69) is 27.1 Å². The monoisotopic (exact) mass is 433 g/mol. The SMILES string of the molecule is C=CCn1c(SC(C)C(=O)Nc2ccc(Cl)cc2Cl)nnc1-c1ccncc1. The molecule has 0 saturated heterocycles. The van der Waals surface area contributed by atoms with Gasteiger partial charge in [0.1, 0.15) is 0 Å². The van der Waals surface area contributed by atoms with Gasteiger partial charge in [-0.15, -0.1) is 16.8 Å². The zero-order valence-corrected chi connectivity index (χ0v) is 17.3. The second kappa shape index (κ2) is 9.23. The number of aromatic nitrogens is 4. The maximum atomic E-state index is 12.6. The highest BCUT2D eigenvalue weighted by Gasteiger charge is 2.21. The summed E-state index contributed by atoms with van der Waals surface area (Å²) in [5.74, 6) is 0.492. The van der Waals surface area contributed by atoms with E-state index in [1.54, 1.807) is 43.6 Å². The number of anilines is 1. The molecule has 1 atom stereocenters. The van der Waals surface area contributed by atoms with E-state index in [9.17, 15) is 4.79 Å². The third-order valence-corrected chi connectivity index (χ3v) is 5.44. The van der Waals surface area contributed by atoms with Crippen LogP contribution in [0.3, 0.4) is 0 Å². The molecule has 6 nitrogen and oxygen atoms in total. The fourth-order valence-electron chi connectivity index (χ4n) is 2.42. The topological polar surface area (TPSA) is 72.7 Å². The predicted molar refractivity (Wildman–Crippen MR) is 114 cm³/mol. The summed E-state index contributed by atoms with van der Waals surface area (Å²) < 4.78 is 1.91. The Hall–Kier alpha value is -2.35. The molecule has 2 aromatic heterocycles. The van der Waals surface area contributed by atoms with Crippen LogP contribution in [-0.4, -0.2) is 30.9 Å². The van der Waals surface area contributed by atoms with E-state index >= 15 is 0 Å². The van der Waals surface area contributed by atoms with Crippen molar-refractivity contribution >= 4 is 46.6 Å². The van der Waals surface area contributed by atoms with Crippen molar-refractivity contribution in [3.63, 3.8) is 0 Å². The van der Waals surface area contributed by atoms with Crippen molar-refractivity contribution in [2.75, 3.05) is 5.32 Å². The minimum absolute atomic E-state index is 0.201. The number of nitrogens with zero attached hydrogens (tertiary/aromatic N) is 4. The third kappa shape index (κ3) is 4.73. The zero-order chi connectivity index (χ0) is 20.1. The molecule has 1 unspecified atom stereocenters. The number of thioether (sulfide) groups is 1. The van der Waals surface area contributed by atoms with Gasteiger partial charge in [0.15, 0.2) is 11.0 Å². The smallest absolute Gasteiger partial charge is 0.237 e. The molecule has 2 heterocycles. The molecule has 0 spiro atoms. The highest BCUT2D eigenvalue weighted by Crippen LogP contribution is 2.29. The van der Waals surface area contributed by atoms with Crippen LogP contribution in [0.1, 0.15) is 6.92 Å². The van der Waals surface area contributed by atoms with Crippen LogP contribution >= 0.6 is 35.0 Å². The average Bonchev–Trinajstić information content (AvgIpc) is 3.07. The molecule has 0 saturated carbocycles. The number of carbonyl (C=O) groups is 1. The summed E-state index contributed by atoms with van der Waals surface area (Å²) in [6, 6.07) is 8.63. The molecule has 28 heavy (non-hydrogen) atoms. The maximum absolute atomic E-state index is 12.6. The van der Waals surface area contributed by atoms with Gasteiger partial charge in [-0.3, -0.25) is 14.3 Å². The van der Waals surface area contributed by atoms with Gasteiger partial charge in [-0.25, -0.2) is 0 Å². The molecule has 1 aromatic carbocycles. The Labute approximate surface area is 177 Å². The van der Waals surface area contributed by atoms with Crippen molar-refractivity contribution in [3.05, 3.63) is 65.4 Å². The van der Waals surface area contributed by atoms with Gasteiger partial charge in [-0.1, -0.05) is 41.0 Å². The molecular formula is C19H17Cl2N5OS. The van der Waals surface area contributed by atoms with Gasteiger partial charge >= 0.3 is 0 Å². The highest BCUT2D eigenvalue weighted by molar-refractivity contribution is 8.00. The average molecular weight is 434 g/mol. The first kappa shape index (κ1) is 20.4. The second-order valence-corrected chi connectivity index (χ2v) is 7.97. The Morgan fingerprint density at radius 2 is 2.04 bits per heavy atom. The van der Waals surface area contributed by atoms with Gasteiger partial charge in [0, 0.05) is 29.5 Å². The molecule has 0 aliphatic heterocycles. The lowest BCUT2D eigenvalue weighted by atomic mass is 10.2. The quantitative estimate of drug-likeness (QED) is 0.421. The summed E-state index contributed by atoms with van der Waals surface area (Å²) in [4.78, 5) is 16.6. The first-order chi connectivity index (χ1) is 13.5. The number of nitrogens with one attached hydrogen (secondary N) is 1. The lowest BCUT2D eigenvalue weighted by molar-refractivity contribution is -0.115. The number of rotatable bonds is 7. The lowest BCUT2D eigenvalue weighted by Gasteiger charge is -2.13. The van der Waals surface area contributed by atoms with Crippen LogP contribution < -0.4 is 5.32 Å². The van der Waals surface area contributed by atoms with E-state index in [1.807, 2.05) is 16.7 Å². The molecule has 1 N–H and O–H groups in total. The highest BCUT2D eigenvalue weighted by atomic mass is 35.5. The van der Waals surface area contributed by atoms with Gasteiger partial charge in [0.05, 0.1) is 16.0 Å². The summed E-state index contributed by atoms with van der Waals surface area (Å²) in [5, 5.41) is 12.4. The van der Waals surface area contributed by atoms with Crippen LogP contribution in [0.5, 0.6) is 0 Å². The predicted octanol–water partition coefficient (Wildman–Crippen LogP) is 4.95. The van der Waals surface area contributed by atoms with Crippen molar-refractivity contribution in [3.8, 4) is 11.4 Å². The zero-order valence-electron chi connectivity index (χ0n) is 15.0. The molecule has 144 valence electrons. The summed E-state index contributed by atoms with van der Waals surface area (Å²) in [7, 11) is 0. The van der Waals surface area contributed by atoms with Crippen LogP contribution in [0.4, 0.5) is 5.69 Å². The molecular weight excluding hydrogens is 417 g/mol. The van der Waals surface area contributed by atoms with Crippen LogP contribution in [0.2, 0.25) is 10.0 Å². The Balaban J connectivity index is 1.78. The van der Waals surface area contributed by atoms with E-state index in [0.717, 1.165) is 5.56 Å². The lowest BCUT2D eigenvalue weighted by Crippen LogP contribution is -2.23. The largest absolute Gasteiger partial charge is 0.324 e. The summed E-state index contributed by atoms with van der Waals surface area (Å²) in [5.41, 5.74) is 1.40. The van der Waals surface area contributed by atoms with E-state index < -0.39 is 5.25 Å². The number of hydrogen-bond acceptors (Lipinski definition) is 5. The number of amides is 1. The number of benzene rings is 1. The first-order valence-corrected chi connectivity index (χ1v) is 10.00. The van der Waals surface area contributed by atoms with Crippen molar-refractivity contribution < 1.29 is 4.79 Å². The fraction of sp³-hybridized carbons (Fsp3) is 0.158. The van der Waals surface area contributed by atoms with Gasteiger partial charge in [0.25, 0.3) is 0 Å². The number of halogens is 2. The van der Waals surface area contributed by atoms with Gasteiger partial charge in [-0.05, 0) is 37.3 Å². The summed E-state index contributed by atoms with van der Waals surface area (Å²) in [6.07, 6.45) is 5.15. The maximum Gasteiger partial charge on any atom is 0.237 e. The van der Waals surface area contributed by atoms with E-state index in [0.29, 0.717) is 33.3 Å². The third-order valence-electron chi connectivity index (χ3n) is 3.81. The van der Waals surface area contributed by atoms with Crippen molar-refractivity contribution in [2.45, 2.75) is 23.9 Å². The fourth-order valence-corrected chi connectivity index (χ4v) is 3.74. The standard InChI is InChI=1S/C19H17Cl2N5OS/c1-3-10-26-17(13-6-8-22-9-7-13)24-25-19(26)28-12(2)18(27)23-16-5-4-14(20)11-15(16)21/h3-9,11-12H,1,10H2,2H3,(H,23,27). The summed E-state index contributed by atoms with van der Waals surface area (Å²) in [6.45, 7) is 6.11. The molecule has 3 rings (SSSR count). The molecule has 0 bridgehead atoms. The Bertz CT molecular complexity index is 993. The van der Waals surface area contributed by atoms with Crippen molar-refractivity contribution in [1.29, 1.82) is 0 Å². The molecule has 9 heteroatoms. The second-order valence-electron chi connectivity index (χ2n) is 5.81. The van der Waals surface area contributed by atoms with Crippen LogP contribution in [0.15, 0.2) is 60.5 Å². The van der Waals surface area contributed by atoms with Crippen LogP contribution in [0, 0.1) is 0 Å². The molecule has 1 amide bonds. The number of hydrogen-bond donors (Lipinski definition) is 1. The minimum atomic E-state index is -0.426. The number of carbonyl (C=O) groups excluding carboxylic acids is 1. The molecule has 3 aromatic rings. The Morgan fingerprint density at radius 3 is 2.71 bits per heavy atom. The molecule has 0 aliphatic carbocycles. The van der Waals surface area contributed by atoms with E-state index in [1.165, 1.54) is 11.8 Å². The van der Waals surface area contributed by atoms with Gasteiger partial charge < -0.3 is 5.32 Å². The van der Waals surface area contributed by atoms with E-state index in [4.69, 9.17) is 23.2 Å². The van der Waals surface area contributed by atoms with Gasteiger partial charge in [0.2, 0.25) is 5.91 Å². The minimum Gasteiger partial charge on any atom is -0.324 e. The number of pyridine rings is 1. The first-order valence-electron chi connectivity index (χ1n) is 8.36. The van der Waals surface area contributed by atoms with Gasteiger partial charge in [-0.2, -0.15) is 0 Å². The van der Waals surface area contributed by atoms with E-state index in [-0.39, 0.29) is 5.91 Å². The summed E-state index contributed by atoms with van der Waals surface area (Å²) >= 11 is 13.3. The van der Waals surface area contributed by atoms with Crippen molar-refractivity contribution in [2.24, 2.45) is 0 Å². The van der Waals surface area contributed by atoms with Crippen LogP contribution in [0.25, 0.3) is 11.4 Å².